The first-order chi connectivity index (χ1) is 13.4. The Balaban J connectivity index is 1.77. The molecule has 0 fully saturated rings. The fourth-order valence-electron chi connectivity index (χ4n) is 3.19. The summed E-state index contributed by atoms with van der Waals surface area (Å²) in [6.07, 6.45) is 0. The molecule has 8 heteroatoms. The number of fused-ring (bicyclic) bond motifs is 1. The van der Waals surface area contributed by atoms with E-state index in [9.17, 15) is 13.2 Å². The van der Waals surface area contributed by atoms with Crippen LogP contribution < -0.4 is 14.5 Å². The minimum Gasteiger partial charge on any atom is -0.372 e. The summed E-state index contributed by atoms with van der Waals surface area (Å²) in [5.41, 5.74) is 2.78. The third kappa shape index (κ3) is 4.14. The summed E-state index contributed by atoms with van der Waals surface area (Å²) in [5, 5.41) is 0. The van der Waals surface area contributed by atoms with Crippen molar-refractivity contribution >= 4 is 37.3 Å². The van der Waals surface area contributed by atoms with Gasteiger partial charge in [-0.15, -0.1) is 0 Å². The highest BCUT2D eigenvalue weighted by molar-refractivity contribution is 7.89. The quantitative estimate of drug-likeness (QED) is 0.607. The minimum atomic E-state index is -3.66. The van der Waals surface area contributed by atoms with Crippen molar-refractivity contribution in [2.45, 2.75) is 38.8 Å². The highest BCUT2D eigenvalue weighted by atomic mass is 32.2. The number of hydrogen-bond donors (Lipinski definition) is 1. The van der Waals surface area contributed by atoms with Crippen molar-refractivity contribution in [2.24, 2.45) is 0 Å². The van der Waals surface area contributed by atoms with Gasteiger partial charge in [0.2, 0.25) is 10.0 Å². The van der Waals surface area contributed by atoms with Crippen molar-refractivity contribution in [3.8, 4) is 0 Å². The summed E-state index contributed by atoms with van der Waals surface area (Å²) in [6, 6.07) is 12.7. The molecule has 0 aliphatic heterocycles. The molecule has 0 unspecified atom stereocenters. The number of nitrogens with one attached hydrogen (secondary N) is 1. The standard InChI is InChI=1S/C20H25N3O3S2/c1-4-22(5-2)16-9-7-15(8-10-16)14-21-28(25,26)17-11-12-18-19(13-17)27-20(24)23(18)6-3/h7-13,21H,4-6,14H2,1-3H3. The van der Waals surface area contributed by atoms with Gasteiger partial charge in [0.15, 0.2) is 0 Å². The van der Waals surface area contributed by atoms with Crippen molar-refractivity contribution in [1.82, 2.24) is 9.29 Å². The molecule has 1 N–H and O–H groups in total. The first-order valence-corrected chi connectivity index (χ1v) is 11.7. The van der Waals surface area contributed by atoms with E-state index in [4.69, 9.17) is 0 Å². The number of nitrogens with zero attached hydrogens (tertiary/aromatic N) is 2. The molecule has 0 atom stereocenters. The highest BCUT2D eigenvalue weighted by Gasteiger charge is 2.16. The average Bonchev–Trinajstić information content (AvgIpc) is 3.02. The summed E-state index contributed by atoms with van der Waals surface area (Å²) in [6.45, 7) is 8.73. The lowest BCUT2D eigenvalue weighted by Crippen LogP contribution is -2.23. The molecule has 0 aliphatic carbocycles. The van der Waals surface area contributed by atoms with Gasteiger partial charge in [0.1, 0.15) is 0 Å². The van der Waals surface area contributed by atoms with Gasteiger partial charge in [0.25, 0.3) is 0 Å². The fraction of sp³-hybridized carbons (Fsp3) is 0.350. The van der Waals surface area contributed by atoms with Crippen LogP contribution >= 0.6 is 11.3 Å². The van der Waals surface area contributed by atoms with E-state index in [2.05, 4.69) is 23.5 Å². The van der Waals surface area contributed by atoms with Gasteiger partial charge in [-0.3, -0.25) is 9.36 Å². The minimum absolute atomic E-state index is 0.0756. The van der Waals surface area contributed by atoms with Gasteiger partial charge in [0.05, 0.1) is 15.1 Å². The van der Waals surface area contributed by atoms with Gasteiger partial charge in [-0.1, -0.05) is 23.5 Å². The fourth-order valence-corrected chi connectivity index (χ4v) is 5.30. The predicted octanol–water partition coefficient (Wildman–Crippen LogP) is 3.41. The van der Waals surface area contributed by atoms with Crippen molar-refractivity contribution in [2.75, 3.05) is 18.0 Å². The number of sulfonamides is 1. The highest BCUT2D eigenvalue weighted by Crippen LogP contribution is 2.22. The molecule has 1 aromatic heterocycles. The van der Waals surface area contributed by atoms with Gasteiger partial charge in [0, 0.05) is 31.9 Å². The summed E-state index contributed by atoms with van der Waals surface area (Å²) < 4.78 is 30.3. The van der Waals surface area contributed by atoms with Gasteiger partial charge in [-0.25, -0.2) is 13.1 Å². The molecule has 0 bridgehead atoms. The molecule has 0 saturated carbocycles. The third-order valence-electron chi connectivity index (χ3n) is 4.80. The van der Waals surface area contributed by atoms with E-state index in [0.717, 1.165) is 41.2 Å². The van der Waals surface area contributed by atoms with E-state index in [-0.39, 0.29) is 16.3 Å². The zero-order valence-corrected chi connectivity index (χ0v) is 17.9. The molecule has 0 radical (unpaired) electrons. The van der Waals surface area contributed by atoms with Crippen LogP contribution in [0.15, 0.2) is 52.2 Å². The van der Waals surface area contributed by atoms with Crippen LogP contribution in [0, 0.1) is 0 Å². The molecule has 0 aliphatic rings. The van der Waals surface area contributed by atoms with Crippen molar-refractivity contribution in [3.05, 3.63) is 57.7 Å². The molecule has 3 aromatic rings. The molecule has 3 rings (SSSR count). The SMILES string of the molecule is CCN(CC)c1ccc(CNS(=O)(=O)c2ccc3c(c2)sc(=O)n3CC)cc1. The summed E-state index contributed by atoms with van der Waals surface area (Å²) in [4.78, 5) is 14.3. The molecule has 0 amide bonds. The van der Waals surface area contributed by atoms with Crippen LogP contribution in [0.5, 0.6) is 0 Å². The van der Waals surface area contributed by atoms with Crippen molar-refractivity contribution in [3.63, 3.8) is 0 Å². The lowest BCUT2D eigenvalue weighted by atomic mass is 10.2. The normalized spacial score (nSPS) is 11.8. The summed E-state index contributed by atoms with van der Waals surface area (Å²) in [5.74, 6) is 0. The Labute approximate surface area is 169 Å². The zero-order valence-electron chi connectivity index (χ0n) is 16.3. The second-order valence-corrected chi connectivity index (χ2v) is 9.17. The molecule has 6 nitrogen and oxygen atoms in total. The Morgan fingerprint density at radius 2 is 1.71 bits per heavy atom. The second-order valence-electron chi connectivity index (χ2n) is 6.41. The Hall–Kier alpha value is -2.16. The molecule has 0 saturated heterocycles. The van der Waals surface area contributed by atoms with Crippen LogP contribution in [-0.2, 0) is 23.1 Å². The number of aryl methyl sites for hydroxylation is 1. The van der Waals surface area contributed by atoms with E-state index < -0.39 is 10.0 Å². The van der Waals surface area contributed by atoms with Gasteiger partial charge in [-0.05, 0) is 56.7 Å². The van der Waals surface area contributed by atoms with E-state index >= 15 is 0 Å². The maximum absolute atomic E-state index is 12.7. The van der Waals surface area contributed by atoms with Gasteiger partial charge < -0.3 is 4.90 Å². The smallest absolute Gasteiger partial charge is 0.308 e. The molecule has 150 valence electrons. The monoisotopic (exact) mass is 419 g/mol. The number of anilines is 1. The second kappa shape index (κ2) is 8.46. The Morgan fingerprint density at radius 1 is 1.04 bits per heavy atom. The Kier molecular flexibility index (Phi) is 6.22. The largest absolute Gasteiger partial charge is 0.372 e. The van der Waals surface area contributed by atoms with Gasteiger partial charge in [-0.2, -0.15) is 0 Å². The van der Waals surface area contributed by atoms with E-state index in [1.54, 1.807) is 22.8 Å². The Bertz CT molecular complexity index is 1110. The topological polar surface area (TPSA) is 71.4 Å². The van der Waals surface area contributed by atoms with Crippen LogP contribution in [0.4, 0.5) is 5.69 Å². The van der Waals surface area contributed by atoms with Crippen LogP contribution in [0.2, 0.25) is 0 Å². The molecular weight excluding hydrogens is 394 g/mol. The predicted molar refractivity (Wildman–Crippen MR) is 116 cm³/mol. The van der Waals surface area contributed by atoms with Crippen LogP contribution in [-0.4, -0.2) is 26.1 Å². The van der Waals surface area contributed by atoms with Crippen LogP contribution in [0.25, 0.3) is 10.2 Å². The van der Waals surface area contributed by atoms with Crippen molar-refractivity contribution in [1.29, 1.82) is 0 Å². The Morgan fingerprint density at radius 3 is 2.32 bits per heavy atom. The lowest BCUT2D eigenvalue weighted by molar-refractivity contribution is 0.581. The number of thiazole rings is 1. The number of benzene rings is 2. The first kappa shape index (κ1) is 20.6. The number of hydrogen-bond acceptors (Lipinski definition) is 5. The van der Waals surface area contributed by atoms with E-state index in [0.29, 0.717) is 11.2 Å². The summed E-state index contributed by atoms with van der Waals surface area (Å²) in [7, 11) is -3.66. The zero-order chi connectivity index (χ0) is 20.3. The third-order valence-corrected chi connectivity index (χ3v) is 7.14. The van der Waals surface area contributed by atoms with Crippen molar-refractivity contribution < 1.29 is 8.42 Å². The van der Waals surface area contributed by atoms with E-state index in [1.807, 2.05) is 31.2 Å². The number of rotatable bonds is 8. The summed E-state index contributed by atoms with van der Waals surface area (Å²) >= 11 is 1.07. The number of aromatic nitrogens is 1. The maximum Gasteiger partial charge on any atom is 0.308 e. The molecule has 0 spiro atoms. The first-order valence-electron chi connectivity index (χ1n) is 9.36. The molecule has 2 aromatic carbocycles. The molecular formula is C20H25N3O3S2. The molecule has 1 heterocycles. The van der Waals surface area contributed by atoms with Gasteiger partial charge >= 0.3 is 4.87 Å². The average molecular weight is 420 g/mol. The van der Waals surface area contributed by atoms with Crippen LogP contribution in [0.3, 0.4) is 0 Å². The van der Waals surface area contributed by atoms with Crippen LogP contribution in [0.1, 0.15) is 26.3 Å². The van der Waals surface area contributed by atoms with E-state index in [1.165, 1.54) is 0 Å². The molecule has 28 heavy (non-hydrogen) atoms. The maximum atomic E-state index is 12.7. The lowest BCUT2D eigenvalue weighted by Gasteiger charge is -2.21.